The van der Waals surface area contributed by atoms with E-state index >= 15 is 0 Å². The number of carbonyl (C=O) groups is 2. The number of nitrogens with zero attached hydrogens (tertiary/aromatic N) is 1. The average Bonchev–Trinajstić information content (AvgIpc) is 2.41. The summed E-state index contributed by atoms with van der Waals surface area (Å²) in [4.78, 5) is 22.6. The molecule has 0 aromatic heterocycles. The van der Waals surface area contributed by atoms with Gasteiger partial charge in [-0.2, -0.15) is 12.7 Å². The highest BCUT2D eigenvalue weighted by molar-refractivity contribution is 7.87. The summed E-state index contributed by atoms with van der Waals surface area (Å²) in [5.74, 6) is -1.34. The van der Waals surface area contributed by atoms with Crippen LogP contribution in [0.5, 0.6) is 0 Å². The first-order valence-electron chi connectivity index (χ1n) is 7.36. The average molecular weight is 393 g/mol. The van der Waals surface area contributed by atoms with E-state index in [0.29, 0.717) is 9.33 Å². The van der Waals surface area contributed by atoms with Gasteiger partial charge in [-0.3, -0.25) is 4.79 Å². The van der Waals surface area contributed by atoms with Crippen molar-refractivity contribution in [1.29, 1.82) is 0 Å². The third-order valence-electron chi connectivity index (χ3n) is 2.83. The molecular formula is C15H21ClN2O6S. The first kappa shape index (κ1) is 21.2. The zero-order chi connectivity index (χ0) is 19.3. The first-order valence-corrected chi connectivity index (χ1v) is 9.18. The normalized spacial score (nSPS) is 12.0. The van der Waals surface area contributed by atoms with Crippen molar-refractivity contribution in [3.63, 3.8) is 0 Å². The first-order chi connectivity index (χ1) is 11.4. The van der Waals surface area contributed by atoms with Crippen LogP contribution in [0.1, 0.15) is 26.3 Å². The van der Waals surface area contributed by atoms with Gasteiger partial charge in [-0.05, 0) is 44.9 Å². The van der Waals surface area contributed by atoms with E-state index in [1.54, 1.807) is 49.8 Å². The molecule has 0 radical (unpaired) electrons. The molecule has 0 unspecified atom stereocenters. The zero-order valence-electron chi connectivity index (χ0n) is 14.2. The lowest BCUT2D eigenvalue weighted by molar-refractivity contribution is -0.137. The second-order valence-corrected chi connectivity index (χ2v) is 8.32. The van der Waals surface area contributed by atoms with E-state index in [2.05, 4.69) is 0 Å². The van der Waals surface area contributed by atoms with Gasteiger partial charge in [-0.15, -0.1) is 0 Å². The Morgan fingerprint density at radius 3 is 2.28 bits per heavy atom. The predicted octanol–water partition coefficient (Wildman–Crippen LogP) is 2.04. The van der Waals surface area contributed by atoms with Gasteiger partial charge < -0.3 is 9.84 Å². The SMILES string of the molecule is CC(C)(C)OC(=O)NS(=O)(=O)N(CCc1ccc(Cl)cc1)CC(=O)O. The minimum absolute atomic E-state index is 0.133. The van der Waals surface area contributed by atoms with Gasteiger partial charge >= 0.3 is 22.3 Å². The van der Waals surface area contributed by atoms with Crippen LogP contribution < -0.4 is 4.72 Å². The largest absolute Gasteiger partial charge is 0.480 e. The quantitative estimate of drug-likeness (QED) is 0.734. The van der Waals surface area contributed by atoms with Crippen molar-refractivity contribution in [3.05, 3.63) is 34.9 Å². The van der Waals surface area contributed by atoms with Crippen molar-refractivity contribution in [2.45, 2.75) is 32.8 Å². The Kier molecular flexibility index (Phi) is 7.21. The van der Waals surface area contributed by atoms with Crippen molar-refractivity contribution in [3.8, 4) is 0 Å². The molecule has 0 saturated heterocycles. The van der Waals surface area contributed by atoms with Crippen molar-refractivity contribution >= 4 is 33.9 Å². The van der Waals surface area contributed by atoms with E-state index < -0.39 is 34.4 Å². The summed E-state index contributed by atoms with van der Waals surface area (Å²) in [7, 11) is -4.37. The van der Waals surface area contributed by atoms with Crippen molar-refractivity contribution < 1.29 is 27.9 Å². The Balaban J connectivity index is 2.83. The Bertz CT molecular complexity index is 713. The van der Waals surface area contributed by atoms with Gasteiger partial charge in [-0.1, -0.05) is 23.7 Å². The molecule has 2 N–H and O–H groups in total. The third kappa shape index (κ3) is 8.19. The number of nitrogens with one attached hydrogen (secondary N) is 1. The maximum absolute atomic E-state index is 12.3. The molecule has 1 aromatic rings. The monoisotopic (exact) mass is 392 g/mol. The molecule has 0 bridgehead atoms. The van der Waals surface area contributed by atoms with E-state index in [1.807, 2.05) is 0 Å². The fraction of sp³-hybridized carbons (Fsp3) is 0.467. The smallest absolute Gasteiger partial charge is 0.422 e. The fourth-order valence-electron chi connectivity index (χ4n) is 1.81. The number of hydrogen-bond donors (Lipinski definition) is 2. The van der Waals surface area contributed by atoms with E-state index in [0.717, 1.165) is 5.56 Å². The van der Waals surface area contributed by atoms with Crippen LogP contribution in [0.3, 0.4) is 0 Å². The van der Waals surface area contributed by atoms with Crippen LogP contribution in [-0.2, 0) is 26.2 Å². The molecule has 0 fully saturated rings. The van der Waals surface area contributed by atoms with Crippen molar-refractivity contribution in [2.24, 2.45) is 0 Å². The van der Waals surface area contributed by atoms with Gasteiger partial charge in [0.05, 0.1) is 0 Å². The van der Waals surface area contributed by atoms with Gasteiger partial charge in [-0.25, -0.2) is 9.52 Å². The number of hydrogen-bond acceptors (Lipinski definition) is 5. The Morgan fingerprint density at radius 2 is 1.80 bits per heavy atom. The molecule has 10 heteroatoms. The molecule has 8 nitrogen and oxygen atoms in total. The molecule has 0 aliphatic carbocycles. The molecule has 0 atom stereocenters. The van der Waals surface area contributed by atoms with Crippen LogP contribution in [0.25, 0.3) is 0 Å². The van der Waals surface area contributed by atoms with Gasteiger partial charge in [0.25, 0.3) is 0 Å². The summed E-state index contributed by atoms with van der Waals surface area (Å²) in [5, 5.41) is 9.47. The maximum atomic E-state index is 12.3. The van der Waals surface area contributed by atoms with Crippen LogP contribution in [0.15, 0.2) is 24.3 Å². The fourth-order valence-corrected chi connectivity index (χ4v) is 2.93. The Morgan fingerprint density at radius 1 is 1.24 bits per heavy atom. The standard InChI is InChI=1S/C15H21ClN2O6S/c1-15(2,3)24-14(21)17-25(22,23)18(10-13(19)20)9-8-11-4-6-12(16)7-5-11/h4-7H,8-10H2,1-3H3,(H,17,21)(H,19,20). The molecule has 0 spiro atoms. The van der Waals surface area contributed by atoms with E-state index in [-0.39, 0.29) is 13.0 Å². The van der Waals surface area contributed by atoms with Gasteiger partial charge in [0.1, 0.15) is 12.1 Å². The summed E-state index contributed by atoms with van der Waals surface area (Å²) in [6.45, 7) is 3.82. The second-order valence-electron chi connectivity index (χ2n) is 6.21. The highest BCUT2D eigenvalue weighted by Crippen LogP contribution is 2.12. The highest BCUT2D eigenvalue weighted by atomic mass is 35.5. The molecular weight excluding hydrogens is 372 g/mol. The zero-order valence-corrected chi connectivity index (χ0v) is 15.7. The lowest BCUT2D eigenvalue weighted by atomic mass is 10.1. The Labute approximate surface area is 151 Å². The molecule has 1 rings (SSSR count). The molecule has 0 heterocycles. The van der Waals surface area contributed by atoms with Gasteiger partial charge in [0.2, 0.25) is 0 Å². The minimum Gasteiger partial charge on any atom is -0.480 e. The molecule has 1 aromatic carbocycles. The van der Waals surface area contributed by atoms with E-state index in [4.69, 9.17) is 21.4 Å². The van der Waals surface area contributed by atoms with Crippen LogP contribution in [-0.4, -0.2) is 48.6 Å². The Hall–Kier alpha value is -1.84. The summed E-state index contributed by atoms with van der Waals surface area (Å²) in [6.07, 6.45) is -0.922. The van der Waals surface area contributed by atoms with Crippen LogP contribution in [0.2, 0.25) is 5.02 Å². The highest BCUT2D eigenvalue weighted by Gasteiger charge is 2.28. The van der Waals surface area contributed by atoms with Crippen LogP contribution in [0.4, 0.5) is 4.79 Å². The third-order valence-corrected chi connectivity index (χ3v) is 4.49. The molecule has 0 aliphatic rings. The summed E-state index contributed by atoms with van der Waals surface area (Å²) in [5.41, 5.74) is -0.118. The number of aliphatic carboxylic acids is 1. The number of ether oxygens (including phenoxy) is 1. The number of amides is 1. The number of benzene rings is 1. The molecule has 25 heavy (non-hydrogen) atoms. The number of carboxylic acid groups (broad SMARTS) is 1. The van der Waals surface area contributed by atoms with Crippen LogP contribution in [0, 0.1) is 0 Å². The molecule has 140 valence electrons. The summed E-state index contributed by atoms with van der Waals surface area (Å²) < 4.78 is 31.8. The van der Waals surface area contributed by atoms with Gasteiger partial charge in [0.15, 0.2) is 0 Å². The molecule has 0 saturated carbocycles. The van der Waals surface area contributed by atoms with Crippen LogP contribution >= 0.6 is 11.6 Å². The minimum atomic E-state index is -4.37. The lowest BCUT2D eigenvalue weighted by Crippen LogP contribution is -2.47. The lowest BCUT2D eigenvalue weighted by Gasteiger charge is -2.23. The van der Waals surface area contributed by atoms with E-state index in [1.165, 1.54) is 0 Å². The number of halogens is 1. The second kappa shape index (κ2) is 8.50. The topological polar surface area (TPSA) is 113 Å². The van der Waals surface area contributed by atoms with Crippen molar-refractivity contribution in [1.82, 2.24) is 9.03 Å². The van der Waals surface area contributed by atoms with E-state index in [9.17, 15) is 18.0 Å². The maximum Gasteiger partial charge on any atom is 0.422 e. The summed E-state index contributed by atoms with van der Waals surface area (Å²) >= 11 is 5.78. The van der Waals surface area contributed by atoms with Crippen molar-refractivity contribution in [2.75, 3.05) is 13.1 Å². The number of carboxylic acids is 1. The number of rotatable bonds is 7. The predicted molar refractivity (Wildman–Crippen MR) is 92.7 cm³/mol. The molecule has 0 aliphatic heterocycles. The number of carbonyl (C=O) groups excluding carboxylic acids is 1. The molecule has 1 amide bonds. The van der Waals surface area contributed by atoms with Gasteiger partial charge in [0, 0.05) is 11.6 Å². The summed E-state index contributed by atoms with van der Waals surface area (Å²) in [6, 6.07) is 6.70.